The first-order valence-corrected chi connectivity index (χ1v) is 8.80. The fraction of sp³-hybridized carbons (Fsp3) is 0.353. The van der Waals surface area contributed by atoms with Gasteiger partial charge in [0.25, 0.3) is 0 Å². The number of likely N-dealkylation sites (tertiary alicyclic amines) is 1. The Morgan fingerprint density at radius 1 is 1.36 bits per heavy atom. The molecule has 1 unspecified atom stereocenters. The Morgan fingerprint density at radius 2 is 2.12 bits per heavy atom. The van der Waals surface area contributed by atoms with Gasteiger partial charge in [0.1, 0.15) is 10.6 Å². The Morgan fingerprint density at radius 3 is 2.80 bits per heavy atom. The number of aliphatic carboxylic acids is 1. The van der Waals surface area contributed by atoms with Crippen molar-refractivity contribution in [1.82, 2.24) is 4.90 Å². The first kappa shape index (κ1) is 17.2. The van der Waals surface area contributed by atoms with Gasteiger partial charge in [-0.1, -0.05) is 18.2 Å². The van der Waals surface area contributed by atoms with Crippen LogP contribution >= 0.6 is 11.3 Å². The molecule has 2 heterocycles. The topological polar surface area (TPSA) is 95.9 Å². The van der Waals surface area contributed by atoms with Crippen molar-refractivity contribution in [3.05, 3.63) is 29.8 Å². The van der Waals surface area contributed by atoms with Gasteiger partial charge in [-0.05, 0) is 19.4 Å². The number of urea groups is 1. The summed E-state index contributed by atoms with van der Waals surface area (Å²) in [6, 6.07) is 6.96. The van der Waals surface area contributed by atoms with E-state index in [2.05, 4.69) is 5.32 Å². The monoisotopic (exact) mass is 362 g/mol. The number of carbonyl (C=O) groups is 3. The maximum atomic E-state index is 12.5. The molecule has 2 amide bonds. The number of hydrogen-bond donors (Lipinski definition) is 2. The van der Waals surface area contributed by atoms with Crippen molar-refractivity contribution in [3.63, 3.8) is 0 Å². The average molecular weight is 362 g/mol. The highest BCUT2D eigenvalue weighted by molar-refractivity contribution is 7.23. The van der Waals surface area contributed by atoms with E-state index in [0.717, 1.165) is 10.1 Å². The molecule has 2 aromatic rings. The lowest BCUT2D eigenvalue weighted by Gasteiger charge is -2.16. The number of hydrogen-bond acceptors (Lipinski definition) is 5. The largest absolute Gasteiger partial charge is 0.481 e. The molecule has 1 aromatic heterocycles. The van der Waals surface area contributed by atoms with Gasteiger partial charge in [0, 0.05) is 23.2 Å². The van der Waals surface area contributed by atoms with Crippen LogP contribution in [0.4, 0.5) is 9.80 Å². The maximum absolute atomic E-state index is 12.5. The molecule has 1 aliphatic heterocycles. The summed E-state index contributed by atoms with van der Waals surface area (Å²) in [5, 5.41) is 13.0. The van der Waals surface area contributed by atoms with Crippen LogP contribution < -0.4 is 5.32 Å². The molecule has 8 heteroatoms. The third kappa shape index (κ3) is 3.43. The van der Waals surface area contributed by atoms with Gasteiger partial charge in [-0.2, -0.15) is 0 Å². The van der Waals surface area contributed by atoms with E-state index in [4.69, 9.17) is 9.84 Å². The van der Waals surface area contributed by atoms with E-state index in [-0.39, 0.29) is 13.2 Å². The summed E-state index contributed by atoms with van der Waals surface area (Å²) in [7, 11) is 0. The van der Waals surface area contributed by atoms with Crippen molar-refractivity contribution in [3.8, 4) is 0 Å². The van der Waals surface area contributed by atoms with E-state index < -0.39 is 23.9 Å². The van der Waals surface area contributed by atoms with Crippen LogP contribution in [0.25, 0.3) is 10.1 Å². The van der Waals surface area contributed by atoms with Crippen LogP contribution in [0.1, 0.15) is 23.7 Å². The minimum absolute atomic E-state index is 0.167. The highest BCUT2D eigenvalue weighted by Gasteiger charge is 2.32. The second kappa shape index (κ2) is 7.10. The lowest BCUT2D eigenvalue weighted by atomic mass is 10.1. The number of rotatable bonds is 4. The van der Waals surface area contributed by atoms with Crippen LogP contribution in [0.15, 0.2) is 24.3 Å². The SMILES string of the molecule is CCOC(=O)c1c(NC(=O)N2CCC(C(=O)O)C2)sc2ccccc12. The van der Waals surface area contributed by atoms with E-state index in [1.165, 1.54) is 16.2 Å². The summed E-state index contributed by atoms with van der Waals surface area (Å²) < 4.78 is 5.98. The van der Waals surface area contributed by atoms with Crippen molar-refractivity contribution in [2.45, 2.75) is 13.3 Å². The number of fused-ring (bicyclic) bond motifs is 1. The summed E-state index contributed by atoms with van der Waals surface area (Å²) in [6.07, 6.45) is 0.430. The molecule has 1 saturated heterocycles. The molecule has 7 nitrogen and oxygen atoms in total. The number of esters is 1. The molecule has 1 atom stereocenters. The molecule has 2 N–H and O–H groups in total. The second-order valence-electron chi connectivity index (χ2n) is 5.72. The lowest BCUT2D eigenvalue weighted by molar-refractivity contribution is -0.141. The summed E-state index contributed by atoms with van der Waals surface area (Å²) in [6.45, 7) is 2.51. The van der Waals surface area contributed by atoms with Crippen molar-refractivity contribution in [2.75, 3.05) is 25.0 Å². The number of nitrogens with one attached hydrogen (secondary N) is 1. The van der Waals surface area contributed by atoms with E-state index >= 15 is 0 Å². The number of anilines is 1. The quantitative estimate of drug-likeness (QED) is 0.815. The first-order chi connectivity index (χ1) is 12.0. The number of ether oxygens (including phenoxy) is 1. The summed E-state index contributed by atoms with van der Waals surface area (Å²) in [4.78, 5) is 37.3. The first-order valence-electron chi connectivity index (χ1n) is 7.98. The minimum atomic E-state index is -0.899. The van der Waals surface area contributed by atoms with Crippen molar-refractivity contribution in [2.24, 2.45) is 5.92 Å². The summed E-state index contributed by atoms with van der Waals surface area (Å²) >= 11 is 1.30. The Balaban J connectivity index is 1.86. The van der Waals surface area contributed by atoms with Crippen molar-refractivity contribution >= 4 is 44.4 Å². The third-order valence-electron chi connectivity index (χ3n) is 4.12. The van der Waals surface area contributed by atoms with Gasteiger partial charge in [0.2, 0.25) is 0 Å². The predicted molar refractivity (Wildman–Crippen MR) is 94.1 cm³/mol. The van der Waals surface area contributed by atoms with Crippen LogP contribution in [-0.4, -0.2) is 47.7 Å². The molecule has 1 fully saturated rings. The highest BCUT2D eigenvalue weighted by atomic mass is 32.1. The fourth-order valence-corrected chi connectivity index (χ4v) is 3.94. The maximum Gasteiger partial charge on any atom is 0.341 e. The molecule has 0 bridgehead atoms. The number of amides is 2. The second-order valence-corrected chi connectivity index (χ2v) is 6.78. The summed E-state index contributed by atoms with van der Waals surface area (Å²) in [5.41, 5.74) is 0.338. The molecular weight excluding hydrogens is 344 g/mol. The van der Waals surface area contributed by atoms with Crippen molar-refractivity contribution < 1.29 is 24.2 Å². The van der Waals surface area contributed by atoms with Gasteiger partial charge in [-0.15, -0.1) is 11.3 Å². The number of carboxylic acids is 1. The van der Waals surface area contributed by atoms with Crippen LogP contribution in [-0.2, 0) is 9.53 Å². The van der Waals surface area contributed by atoms with Crippen LogP contribution in [0, 0.1) is 5.92 Å². The highest BCUT2D eigenvalue weighted by Crippen LogP contribution is 2.36. The van der Waals surface area contributed by atoms with E-state index in [0.29, 0.717) is 23.5 Å². The molecule has 0 spiro atoms. The fourth-order valence-electron chi connectivity index (χ4n) is 2.86. The molecule has 0 radical (unpaired) electrons. The smallest absolute Gasteiger partial charge is 0.341 e. The standard InChI is InChI=1S/C17H18N2O5S/c1-2-24-16(22)13-11-5-3-4-6-12(11)25-14(13)18-17(23)19-8-7-10(9-19)15(20)21/h3-6,10H,2,7-9H2,1H3,(H,18,23)(H,20,21). The van der Waals surface area contributed by atoms with Crippen LogP contribution in [0.2, 0.25) is 0 Å². The molecule has 1 aliphatic rings. The van der Waals surface area contributed by atoms with E-state index in [1.54, 1.807) is 6.92 Å². The molecule has 3 rings (SSSR count). The molecule has 132 valence electrons. The van der Waals surface area contributed by atoms with E-state index in [9.17, 15) is 14.4 Å². The molecule has 0 saturated carbocycles. The van der Waals surface area contributed by atoms with Crippen LogP contribution in [0.5, 0.6) is 0 Å². The summed E-state index contributed by atoms with van der Waals surface area (Å²) in [5.74, 6) is -1.93. The van der Waals surface area contributed by atoms with Gasteiger partial charge in [0.05, 0.1) is 12.5 Å². The number of thiophene rings is 1. The van der Waals surface area contributed by atoms with Crippen molar-refractivity contribution in [1.29, 1.82) is 0 Å². The van der Waals surface area contributed by atoms with Gasteiger partial charge >= 0.3 is 18.0 Å². The predicted octanol–water partition coefficient (Wildman–Crippen LogP) is 3.02. The number of carbonyl (C=O) groups excluding carboxylic acids is 2. The zero-order chi connectivity index (χ0) is 18.0. The number of nitrogens with zero attached hydrogens (tertiary/aromatic N) is 1. The van der Waals surface area contributed by atoms with E-state index in [1.807, 2.05) is 24.3 Å². The molecular formula is C17H18N2O5S. The minimum Gasteiger partial charge on any atom is -0.481 e. The zero-order valence-electron chi connectivity index (χ0n) is 13.7. The normalized spacial score (nSPS) is 16.8. The lowest BCUT2D eigenvalue weighted by Crippen LogP contribution is -2.34. The third-order valence-corrected chi connectivity index (χ3v) is 5.21. The Labute approximate surface area is 148 Å². The zero-order valence-corrected chi connectivity index (χ0v) is 14.5. The van der Waals surface area contributed by atoms with Crippen LogP contribution in [0.3, 0.4) is 0 Å². The Kier molecular flexibility index (Phi) is 4.89. The number of carboxylic acid groups (broad SMARTS) is 1. The Bertz CT molecular complexity index is 832. The van der Waals surface area contributed by atoms with Gasteiger partial charge in [-0.25, -0.2) is 9.59 Å². The van der Waals surface area contributed by atoms with Gasteiger partial charge < -0.3 is 14.7 Å². The average Bonchev–Trinajstić information content (AvgIpc) is 3.19. The Hall–Kier alpha value is -2.61. The number of benzene rings is 1. The van der Waals surface area contributed by atoms with Gasteiger partial charge in [-0.3, -0.25) is 10.1 Å². The molecule has 25 heavy (non-hydrogen) atoms. The molecule has 0 aliphatic carbocycles. The molecule has 1 aromatic carbocycles. The van der Waals surface area contributed by atoms with Gasteiger partial charge in [0.15, 0.2) is 0 Å².